The highest BCUT2D eigenvalue weighted by Gasteiger charge is 2.21. The molecule has 0 aromatic rings. The van der Waals surface area contributed by atoms with E-state index in [4.69, 9.17) is 10.5 Å². The molecule has 0 aromatic heterocycles. The van der Waals surface area contributed by atoms with Gasteiger partial charge < -0.3 is 10.5 Å². The Balaban J connectivity index is 2.33. The number of nitrogens with two attached hydrogens (primary N) is 1. The summed E-state index contributed by atoms with van der Waals surface area (Å²) in [6.45, 7) is 11.8. The van der Waals surface area contributed by atoms with Crippen molar-refractivity contribution in [3.63, 3.8) is 0 Å². The van der Waals surface area contributed by atoms with E-state index in [2.05, 4.69) is 25.7 Å². The molecule has 1 aliphatic heterocycles. The molecule has 2 N–H and O–H groups in total. The van der Waals surface area contributed by atoms with Gasteiger partial charge >= 0.3 is 0 Å². The van der Waals surface area contributed by atoms with Gasteiger partial charge in [-0.15, -0.1) is 0 Å². The van der Waals surface area contributed by atoms with Crippen molar-refractivity contribution < 1.29 is 4.74 Å². The summed E-state index contributed by atoms with van der Waals surface area (Å²) in [6, 6.07) is 0. The summed E-state index contributed by atoms with van der Waals surface area (Å²) in [4.78, 5) is 2.53. The van der Waals surface area contributed by atoms with Gasteiger partial charge in [0.1, 0.15) is 0 Å². The molecule has 0 amide bonds. The third-order valence-corrected chi connectivity index (χ3v) is 3.33. The Morgan fingerprint density at radius 2 is 2.19 bits per heavy atom. The number of nitrogens with zero attached hydrogens (tertiary/aromatic N) is 1. The molecular formula is C13H28N2O. The lowest BCUT2D eigenvalue weighted by Gasteiger charge is -2.34. The van der Waals surface area contributed by atoms with Gasteiger partial charge in [-0.05, 0) is 31.2 Å². The normalized spacial score (nSPS) is 24.9. The van der Waals surface area contributed by atoms with Crippen LogP contribution in [0.4, 0.5) is 0 Å². The van der Waals surface area contributed by atoms with Gasteiger partial charge in [0.05, 0.1) is 12.7 Å². The molecule has 2 atom stereocenters. The predicted octanol–water partition coefficient (Wildman–Crippen LogP) is 1.72. The summed E-state index contributed by atoms with van der Waals surface area (Å²) in [7, 11) is 0. The molecule has 0 radical (unpaired) electrons. The van der Waals surface area contributed by atoms with E-state index in [1.165, 1.54) is 6.42 Å². The van der Waals surface area contributed by atoms with Crippen LogP contribution in [0, 0.1) is 11.8 Å². The molecule has 1 saturated heterocycles. The minimum atomic E-state index is 0.436. The molecule has 0 bridgehead atoms. The predicted molar refractivity (Wildman–Crippen MR) is 68.5 cm³/mol. The Bertz CT molecular complexity index is 185. The van der Waals surface area contributed by atoms with E-state index in [-0.39, 0.29) is 0 Å². The van der Waals surface area contributed by atoms with Crippen LogP contribution in [0.5, 0.6) is 0 Å². The molecular weight excluding hydrogens is 200 g/mol. The van der Waals surface area contributed by atoms with Crippen LogP contribution >= 0.6 is 0 Å². The van der Waals surface area contributed by atoms with Crippen LogP contribution in [0.15, 0.2) is 0 Å². The zero-order valence-corrected chi connectivity index (χ0v) is 11.1. The van der Waals surface area contributed by atoms with Crippen LogP contribution in [-0.2, 0) is 4.74 Å². The molecule has 1 heterocycles. The molecule has 0 aliphatic carbocycles. The van der Waals surface area contributed by atoms with Gasteiger partial charge in [-0.1, -0.05) is 20.8 Å². The fourth-order valence-electron chi connectivity index (χ4n) is 2.47. The first-order valence-electron chi connectivity index (χ1n) is 6.69. The van der Waals surface area contributed by atoms with Crippen LogP contribution in [-0.4, -0.2) is 43.8 Å². The van der Waals surface area contributed by atoms with E-state index >= 15 is 0 Å². The molecule has 1 rings (SSSR count). The van der Waals surface area contributed by atoms with Crippen LogP contribution in [0.25, 0.3) is 0 Å². The highest BCUT2D eigenvalue weighted by atomic mass is 16.5. The van der Waals surface area contributed by atoms with Gasteiger partial charge in [0.15, 0.2) is 0 Å². The van der Waals surface area contributed by atoms with Crippen LogP contribution in [0.1, 0.15) is 33.6 Å². The first-order chi connectivity index (χ1) is 7.65. The number of hydrogen-bond acceptors (Lipinski definition) is 3. The van der Waals surface area contributed by atoms with Crippen molar-refractivity contribution in [1.82, 2.24) is 4.90 Å². The van der Waals surface area contributed by atoms with E-state index < -0.39 is 0 Å². The van der Waals surface area contributed by atoms with Crippen molar-refractivity contribution in [1.29, 1.82) is 0 Å². The lowest BCUT2D eigenvalue weighted by Crippen LogP contribution is -2.45. The largest absolute Gasteiger partial charge is 0.376 e. The van der Waals surface area contributed by atoms with E-state index in [1.54, 1.807) is 0 Å². The van der Waals surface area contributed by atoms with E-state index in [9.17, 15) is 0 Å². The number of ether oxygens (including phenoxy) is 1. The minimum absolute atomic E-state index is 0.436. The van der Waals surface area contributed by atoms with Gasteiger partial charge in [-0.3, -0.25) is 4.90 Å². The molecule has 0 saturated carbocycles. The van der Waals surface area contributed by atoms with E-state index in [1.807, 2.05) is 0 Å². The Morgan fingerprint density at radius 1 is 1.44 bits per heavy atom. The van der Waals surface area contributed by atoms with Gasteiger partial charge in [0.25, 0.3) is 0 Å². The standard InChI is InChI=1S/C13H28N2O/c1-4-13-10-15(5-6-16-13)9-12(8-14)7-11(2)3/h11-13H,4-10,14H2,1-3H3. The molecule has 0 aromatic carbocycles. The molecule has 3 nitrogen and oxygen atoms in total. The first kappa shape index (κ1) is 13.9. The quantitative estimate of drug-likeness (QED) is 0.752. The van der Waals surface area contributed by atoms with Gasteiger partial charge in [-0.25, -0.2) is 0 Å². The van der Waals surface area contributed by atoms with Crippen molar-refractivity contribution in [3.8, 4) is 0 Å². The highest BCUT2D eigenvalue weighted by molar-refractivity contribution is 4.74. The molecule has 3 heteroatoms. The topological polar surface area (TPSA) is 38.5 Å². The van der Waals surface area contributed by atoms with Crippen molar-refractivity contribution in [2.45, 2.75) is 39.7 Å². The smallest absolute Gasteiger partial charge is 0.0700 e. The minimum Gasteiger partial charge on any atom is -0.376 e. The number of hydrogen-bond donors (Lipinski definition) is 1. The molecule has 16 heavy (non-hydrogen) atoms. The fraction of sp³-hybridized carbons (Fsp3) is 1.00. The maximum absolute atomic E-state index is 5.85. The van der Waals surface area contributed by atoms with Crippen LogP contribution in [0.2, 0.25) is 0 Å². The number of morpholine rings is 1. The van der Waals surface area contributed by atoms with Gasteiger partial charge in [0, 0.05) is 19.6 Å². The SMILES string of the molecule is CCC1CN(CC(CN)CC(C)C)CCO1. The summed E-state index contributed by atoms with van der Waals surface area (Å²) in [5.41, 5.74) is 5.85. The zero-order valence-electron chi connectivity index (χ0n) is 11.1. The summed E-state index contributed by atoms with van der Waals surface area (Å²) in [5.74, 6) is 1.40. The average Bonchev–Trinajstić information content (AvgIpc) is 2.28. The van der Waals surface area contributed by atoms with E-state index in [0.29, 0.717) is 12.0 Å². The molecule has 1 aliphatic rings. The third-order valence-electron chi connectivity index (χ3n) is 3.33. The second-order valence-corrected chi connectivity index (χ2v) is 5.39. The maximum Gasteiger partial charge on any atom is 0.0700 e. The molecule has 2 unspecified atom stereocenters. The van der Waals surface area contributed by atoms with E-state index in [0.717, 1.165) is 45.1 Å². The van der Waals surface area contributed by atoms with Gasteiger partial charge in [-0.2, -0.15) is 0 Å². The maximum atomic E-state index is 5.85. The van der Waals surface area contributed by atoms with Crippen molar-refractivity contribution in [3.05, 3.63) is 0 Å². The van der Waals surface area contributed by atoms with Gasteiger partial charge in [0.2, 0.25) is 0 Å². The van der Waals surface area contributed by atoms with Crippen LogP contribution in [0.3, 0.4) is 0 Å². The van der Waals surface area contributed by atoms with Crippen molar-refractivity contribution >= 4 is 0 Å². The van der Waals surface area contributed by atoms with Crippen molar-refractivity contribution in [2.75, 3.05) is 32.8 Å². The lowest BCUT2D eigenvalue weighted by atomic mass is 9.96. The summed E-state index contributed by atoms with van der Waals surface area (Å²) in [5, 5.41) is 0. The summed E-state index contributed by atoms with van der Waals surface area (Å²) in [6.07, 6.45) is 2.80. The zero-order chi connectivity index (χ0) is 12.0. The fourth-order valence-corrected chi connectivity index (χ4v) is 2.47. The van der Waals surface area contributed by atoms with Crippen LogP contribution < -0.4 is 5.73 Å². The highest BCUT2D eigenvalue weighted by Crippen LogP contribution is 2.15. The Labute approximate surface area is 100 Å². The summed E-state index contributed by atoms with van der Waals surface area (Å²) >= 11 is 0. The second-order valence-electron chi connectivity index (χ2n) is 5.39. The summed E-state index contributed by atoms with van der Waals surface area (Å²) < 4.78 is 5.68. The number of rotatable bonds is 6. The Hall–Kier alpha value is -0.120. The second kappa shape index (κ2) is 7.25. The first-order valence-corrected chi connectivity index (χ1v) is 6.69. The Morgan fingerprint density at radius 3 is 2.75 bits per heavy atom. The third kappa shape index (κ3) is 4.81. The van der Waals surface area contributed by atoms with Crippen molar-refractivity contribution in [2.24, 2.45) is 17.6 Å². The average molecular weight is 228 g/mol. The lowest BCUT2D eigenvalue weighted by molar-refractivity contribution is -0.0344. The molecule has 1 fully saturated rings. The Kier molecular flexibility index (Phi) is 6.32. The molecule has 0 spiro atoms. The monoisotopic (exact) mass is 228 g/mol. The molecule has 96 valence electrons.